The highest BCUT2D eigenvalue weighted by molar-refractivity contribution is 5.94. The summed E-state index contributed by atoms with van der Waals surface area (Å²) in [5.74, 6) is 0.439. The molecule has 2 aromatic carbocycles. The van der Waals surface area contributed by atoms with Gasteiger partial charge in [-0.2, -0.15) is 0 Å². The third-order valence-electron chi connectivity index (χ3n) is 3.52. The molecule has 0 radical (unpaired) electrons. The highest BCUT2D eigenvalue weighted by Gasteiger charge is 2.04. The summed E-state index contributed by atoms with van der Waals surface area (Å²) in [7, 11) is 0. The molecule has 0 saturated heterocycles. The molecular formula is C20H25N3O3. The molecule has 0 saturated carbocycles. The van der Waals surface area contributed by atoms with Crippen molar-refractivity contribution in [3.63, 3.8) is 0 Å². The Morgan fingerprint density at radius 3 is 2.38 bits per heavy atom. The lowest BCUT2D eigenvalue weighted by Crippen LogP contribution is -2.21. The lowest BCUT2D eigenvalue weighted by molar-refractivity contribution is -0.115. The molecule has 0 fully saturated rings. The van der Waals surface area contributed by atoms with Gasteiger partial charge in [0.15, 0.2) is 0 Å². The Balaban J connectivity index is 1.85. The van der Waals surface area contributed by atoms with Crippen molar-refractivity contribution in [1.82, 2.24) is 0 Å². The maximum Gasteiger partial charge on any atom is 0.243 e. The van der Waals surface area contributed by atoms with Gasteiger partial charge in [0.05, 0.1) is 13.2 Å². The van der Waals surface area contributed by atoms with Gasteiger partial charge in [-0.1, -0.05) is 25.5 Å². The van der Waals surface area contributed by atoms with E-state index in [4.69, 9.17) is 4.74 Å². The van der Waals surface area contributed by atoms with Crippen molar-refractivity contribution >= 4 is 28.9 Å². The van der Waals surface area contributed by atoms with Crippen LogP contribution in [0.15, 0.2) is 48.5 Å². The Labute approximate surface area is 153 Å². The summed E-state index contributed by atoms with van der Waals surface area (Å²) >= 11 is 0. The molecule has 26 heavy (non-hydrogen) atoms. The number of nitrogens with one attached hydrogen (secondary N) is 3. The van der Waals surface area contributed by atoms with Crippen molar-refractivity contribution in [1.29, 1.82) is 0 Å². The predicted octanol–water partition coefficient (Wildman–Crippen LogP) is 3.87. The van der Waals surface area contributed by atoms with E-state index < -0.39 is 0 Å². The molecule has 0 atom stereocenters. The average molecular weight is 355 g/mol. The van der Waals surface area contributed by atoms with Crippen molar-refractivity contribution in [2.75, 3.05) is 29.1 Å². The van der Waals surface area contributed by atoms with Gasteiger partial charge in [0, 0.05) is 30.1 Å². The summed E-state index contributed by atoms with van der Waals surface area (Å²) in [6, 6.07) is 14.6. The quantitative estimate of drug-likeness (QED) is 0.597. The van der Waals surface area contributed by atoms with Gasteiger partial charge >= 0.3 is 0 Å². The Morgan fingerprint density at radius 1 is 0.962 bits per heavy atom. The zero-order chi connectivity index (χ0) is 18.8. The van der Waals surface area contributed by atoms with E-state index in [0.29, 0.717) is 18.0 Å². The van der Waals surface area contributed by atoms with E-state index in [1.54, 1.807) is 12.1 Å². The van der Waals surface area contributed by atoms with Crippen molar-refractivity contribution in [3.05, 3.63) is 48.5 Å². The minimum atomic E-state index is -0.166. The lowest BCUT2D eigenvalue weighted by atomic mass is 10.2. The van der Waals surface area contributed by atoms with Crippen molar-refractivity contribution < 1.29 is 14.3 Å². The first-order valence-corrected chi connectivity index (χ1v) is 8.71. The molecule has 0 bridgehead atoms. The highest BCUT2D eigenvalue weighted by Crippen LogP contribution is 2.18. The summed E-state index contributed by atoms with van der Waals surface area (Å²) in [6.07, 6.45) is 2.07. The molecule has 6 heteroatoms. The monoisotopic (exact) mass is 355 g/mol. The first kappa shape index (κ1) is 19.3. The van der Waals surface area contributed by atoms with Crippen LogP contribution >= 0.6 is 0 Å². The zero-order valence-corrected chi connectivity index (χ0v) is 15.2. The second-order valence-electron chi connectivity index (χ2n) is 5.89. The van der Waals surface area contributed by atoms with E-state index in [-0.39, 0.29) is 18.4 Å². The summed E-state index contributed by atoms with van der Waals surface area (Å²) in [5, 5.41) is 8.59. The van der Waals surface area contributed by atoms with Crippen LogP contribution in [0.3, 0.4) is 0 Å². The van der Waals surface area contributed by atoms with E-state index in [2.05, 4.69) is 22.9 Å². The molecule has 6 nitrogen and oxygen atoms in total. The molecule has 0 aromatic heterocycles. The number of anilines is 3. The molecule has 2 amide bonds. The van der Waals surface area contributed by atoms with E-state index in [1.165, 1.54) is 6.92 Å². The molecule has 2 rings (SSSR count). The van der Waals surface area contributed by atoms with Gasteiger partial charge in [0.2, 0.25) is 11.8 Å². The first-order chi connectivity index (χ1) is 12.6. The van der Waals surface area contributed by atoms with Crippen LogP contribution in [0.1, 0.15) is 26.7 Å². The number of unbranched alkanes of at least 4 members (excludes halogenated alkanes) is 1. The number of rotatable bonds is 9. The van der Waals surface area contributed by atoms with Gasteiger partial charge in [-0.3, -0.25) is 9.59 Å². The molecule has 0 aliphatic rings. The number of carbonyl (C=O) groups is 2. The van der Waals surface area contributed by atoms with Crippen molar-refractivity contribution in [2.45, 2.75) is 26.7 Å². The number of benzene rings is 2. The van der Waals surface area contributed by atoms with E-state index in [0.717, 1.165) is 24.3 Å². The summed E-state index contributed by atoms with van der Waals surface area (Å²) < 4.78 is 5.64. The molecule has 3 N–H and O–H groups in total. The van der Waals surface area contributed by atoms with Crippen LogP contribution in [0.2, 0.25) is 0 Å². The standard InChI is InChI=1S/C20H25N3O3/c1-3-4-11-26-19-10-6-9-18(13-19)23-20(25)14-21-16-7-5-8-17(12-16)22-15(2)24/h5-10,12-13,21H,3-4,11,14H2,1-2H3,(H,22,24)(H,23,25). The van der Waals surface area contributed by atoms with Crippen LogP contribution < -0.4 is 20.7 Å². The maximum absolute atomic E-state index is 12.1. The number of amides is 2. The molecular weight excluding hydrogens is 330 g/mol. The van der Waals surface area contributed by atoms with E-state index >= 15 is 0 Å². The summed E-state index contributed by atoms with van der Waals surface area (Å²) in [4.78, 5) is 23.2. The van der Waals surface area contributed by atoms with Gasteiger partial charge in [-0.05, 0) is 36.8 Å². The molecule has 0 aliphatic carbocycles. The number of carbonyl (C=O) groups excluding carboxylic acids is 2. The Bertz CT molecular complexity index is 747. The summed E-state index contributed by atoms with van der Waals surface area (Å²) in [6.45, 7) is 4.34. The largest absolute Gasteiger partial charge is 0.494 e. The summed E-state index contributed by atoms with van der Waals surface area (Å²) in [5.41, 5.74) is 2.13. The Kier molecular flexibility index (Phi) is 7.49. The number of hydrogen-bond acceptors (Lipinski definition) is 4. The van der Waals surface area contributed by atoms with Gasteiger partial charge in [-0.25, -0.2) is 0 Å². The fourth-order valence-corrected chi connectivity index (χ4v) is 2.30. The molecule has 0 unspecified atom stereocenters. The zero-order valence-electron chi connectivity index (χ0n) is 15.2. The van der Waals surface area contributed by atoms with Crippen LogP contribution in [0.4, 0.5) is 17.1 Å². The predicted molar refractivity (Wildman–Crippen MR) is 105 cm³/mol. The fourth-order valence-electron chi connectivity index (χ4n) is 2.30. The molecule has 0 spiro atoms. The minimum absolute atomic E-state index is 0.116. The van der Waals surface area contributed by atoms with Crippen LogP contribution in [-0.2, 0) is 9.59 Å². The topological polar surface area (TPSA) is 79.5 Å². The molecule has 2 aromatic rings. The molecule has 138 valence electrons. The Hall–Kier alpha value is -3.02. The van der Waals surface area contributed by atoms with Gasteiger partial charge in [0.25, 0.3) is 0 Å². The smallest absolute Gasteiger partial charge is 0.243 e. The average Bonchev–Trinajstić information content (AvgIpc) is 2.60. The second-order valence-corrected chi connectivity index (χ2v) is 5.89. The number of hydrogen-bond donors (Lipinski definition) is 3. The minimum Gasteiger partial charge on any atom is -0.494 e. The van der Waals surface area contributed by atoms with Crippen LogP contribution in [0.25, 0.3) is 0 Å². The Morgan fingerprint density at radius 2 is 1.65 bits per heavy atom. The third-order valence-corrected chi connectivity index (χ3v) is 3.52. The van der Waals surface area contributed by atoms with Crippen LogP contribution in [0.5, 0.6) is 5.75 Å². The normalized spacial score (nSPS) is 10.1. The fraction of sp³-hybridized carbons (Fsp3) is 0.300. The highest BCUT2D eigenvalue weighted by atomic mass is 16.5. The van der Waals surface area contributed by atoms with Gasteiger partial charge in [0.1, 0.15) is 5.75 Å². The molecule has 0 heterocycles. The van der Waals surface area contributed by atoms with Gasteiger partial charge in [-0.15, -0.1) is 0 Å². The van der Waals surface area contributed by atoms with Crippen LogP contribution in [0, 0.1) is 0 Å². The first-order valence-electron chi connectivity index (χ1n) is 8.71. The van der Waals surface area contributed by atoms with E-state index in [1.807, 2.05) is 36.4 Å². The third kappa shape index (κ3) is 6.84. The second kappa shape index (κ2) is 10.1. The lowest BCUT2D eigenvalue weighted by Gasteiger charge is -2.11. The number of ether oxygens (including phenoxy) is 1. The maximum atomic E-state index is 12.1. The van der Waals surface area contributed by atoms with Gasteiger partial charge < -0.3 is 20.7 Å². The SMILES string of the molecule is CCCCOc1cccc(NC(=O)CNc2cccc(NC(C)=O)c2)c1. The van der Waals surface area contributed by atoms with Crippen LogP contribution in [-0.4, -0.2) is 25.0 Å². The van der Waals surface area contributed by atoms with Crippen molar-refractivity contribution in [3.8, 4) is 5.75 Å². The van der Waals surface area contributed by atoms with E-state index in [9.17, 15) is 9.59 Å². The van der Waals surface area contributed by atoms with Crippen molar-refractivity contribution in [2.24, 2.45) is 0 Å². The molecule has 0 aliphatic heterocycles.